The van der Waals surface area contributed by atoms with Crippen LogP contribution in [0.5, 0.6) is 5.75 Å². The molecule has 1 aromatic carbocycles. The molecule has 3 N–H and O–H groups in total. The molecule has 0 aliphatic heterocycles. The molecule has 6 heteroatoms. The molecule has 5 nitrogen and oxygen atoms in total. The zero-order valence-electron chi connectivity index (χ0n) is 9.14. The quantitative estimate of drug-likeness (QED) is 0.566. The number of phenols is 1. The Labute approximate surface area is 105 Å². The molecule has 92 valence electrons. The fourth-order valence-electron chi connectivity index (χ4n) is 1.18. The minimum Gasteiger partial charge on any atom is -0.507 e. The summed E-state index contributed by atoms with van der Waals surface area (Å²) >= 11 is 3.94. The maximum Gasteiger partial charge on any atom is 0.255 e. The lowest BCUT2D eigenvalue weighted by atomic mass is 10.2. The molecule has 0 saturated carbocycles. The maximum atomic E-state index is 11.6. The number of benzene rings is 1. The number of phenolic OH excluding ortho intramolecular Hbond substituents is 1. The summed E-state index contributed by atoms with van der Waals surface area (Å²) in [5.74, 6) is -0.341. The molecule has 0 atom stereocenters. The number of rotatable bonds is 5. The highest BCUT2D eigenvalue weighted by Gasteiger charge is 2.10. The summed E-state index contributed by atoms with van der Waals surface area (Å²) in [6.45, 7) is 0.329. The van der Waals surface area contributed by atoms with E-state index in [1.165, 1.54) is 12.1 Å². The van der Waals surface area contributed by atoms with Gasteiger partial charge < -0.3 is 15.7 Å². The molecule has 17 heavy (non-hydrogen) atoms. The van der Waals surface area contributed by atoms with E-state index < -0.39 is 5.91 Å². The van der Waals surface area contributed by atoms with E-state index in [1.807, 2.05) is 0 Å². The topological polar surface area (TPSA) is 78.4 Å². The van der Waals surface area contributed by atoms with Crippen LogP contribution in [-0.2, 0) is 4.79 Å². The van der Waals surface area contributed by atoms with Crippen LogP contribution < -0.4 is 10.6 Å². The van der Waals surface area contributed by atoms with Crippen molar-refractivity contribution in [1.29, 1.82) is 0 Å². The van der Waals surface area contributed by atoms with Gasteiger partial charge in [0.15, 0.2) is 0 Å². The molecule has 0 bridgehead atoms. The summed E-state index contributed by atoms with van der Waals surface area (Å²) in [5.41, 5.74) is 0.148. The van der Waals surface area contributed by atoms with Crippen LogP contribution >= 0.6 is 12.6 Å². The van der Waals surface area contributed by atoms with Gasteiger partial charge in [-0.3, -0.25) is 9.59 Å². The standard InChI is InChI=1S/C11H14N2O3S/c14-9-4-2-1-3-8(9)11(16)13-7-10(15)12-5-6-17/h1-4,14,17H,5-7H2,(H,12,15)(H,13,16). The summed E-state index contributed by atoms with van der Waals surface area (Å²) in [6, 6.07) is 6.15. The molecule has 0 aliphatic rings. The largest absolute Gasteiger partial charge is 0.507 e. The molecule has 0 radical (unpaired) electrons. The summed E-state index contributed by atoms with van der Waals surface area (Å²) in [4.78, 5) is 22.8. The first kappa shape index (κ1) is 13.4. The predicted molar refractivity (Wildman–Crippen MR) is 67.3 cm³/mol. The monoisotopic (exact) mass is 254 g/mol. The molecule has 0 spiro atoms. The van der Waals surface area contributed by atoms with Crippen molar-refractivity contribution in [1.82, 2.24) is 10.6 Å². The van der Waals surface area contributed by atoms with E-state index in [4.69, 9.17) is 0 Å². The summed E-state index contributed by atoms with van der Waals surface area (Å²) in [6.07, 6.45) is 0. The molecule has 1 rings (SSSR count). The fraction of sp³-hybridized carbons (Fsp3) is 0.273. The first-order chi connectivity index (χ1) is 8.15. The third-order valence-corrected chi connectivity index (χ3v) is 2.22. The Morgan fingerprint density at radius 1 is 1.24 bits per heavy atom. The smallest absolute Gasteiger partial charge is 0.255 e. The van der Waals surface area contributed by atoms with Gasteiger partial charge in [-0.15, -0.1) is 0 Å². The van der Waals surface area contributed by atoms with Crippen molar-refractivity contribution in [2.45, 2.75) is 0 Å². The van der Waals surface area contributed by atoms with Gasteiger partial charge in [-0.1, -0.05) is 12.1 Å². The second kappa shape index (κ2) is 6.80. The van der Waals surface area contributed by atoms with Crippen molar-refractivity contribution in [3.63, 3.8) is 0 Å². The van der Waals surface area contributed by atoms with Crippen LogP contribution in [0.3, 0.4) is 0 Å². The Kier molecular flexibility index (Phi) is 5.35. The Hall–Kier alpha value is -1.69. The zero-order valence-corrected chi connectivity index (χ0v) is 10.0. The van der Waals surface area contributed by atoms with Crippen LogP contribution in [0.2, 0.25) is 0 Å². The Balaban J connectivity index is 2.45. The molecule has 0 unspecified atom stereocenters. The Morgan fingerprint density at radius 3 is 2.59 bits per heavy atom. The zero-order chi connectivity index (χ0) is 12.7. The predicted octanol–water partition coefficient (Wildman–Crippen LogP) is 0.168. The minimum absolute atomic E-state index is 0.110. The Bertz CT molecular complexity index is 409. The second-order valence-corrected chi connectivity index (χ2v) is 3.72. The van der Waals surface area contributed by atoms with Crippen molar-refractivity contribution < 1.29 is 14.7 Å². The molecule has 2 amide bonds. The van der Waals surface area contributed by atoms with Crippen molar-refractivity contribution >= 4 is 24.4 Å². The van der Waals surface area contributed by atoms with Crippen LogP contribution in [0.4, 0.5) is 0 Å². The average Bonchev–Trinajstić information content (AvgIpc) is 2.34. The van der Waals surface area contributed by atoms with Crippen molar-refractivity contribution in [2.24, 2.45) is 0 Å². The van der Waals surface area contributed by atoms with Crippen LogP contribution in [0.15, 0.2) is 24.3 Å². The molecular formula is C11H14N2O3S. The Morgan fingerprint density at radius 2 is 1.94 bits per heavy atom. The van der Waals surface area contributed by atoms with E-state index in [0.717, 1.165) is 0 Å². The van der Waals surface area contributed by atoms with Gasteiger partial charge in [0, 0.05) is 12.3 Å². The SMILES string of the molecule is O=C(CNC(=O)c1ccccc1O)NCCS. The van der Waals surface area contributed by atoms with Gasteiger partial charge in [0.25, 0.3) is 5.91 Å². The number of hydrogen-bond acceptors (Lipinski definition) is 4. The second-order valence-electron chi connectivity index (χ2n) is 3.27. The number of nitrogens with one attached hydrogen (secondary N) is 2. The van der Waals surface area contributed by atoms with Gasteiger partial charge in [0.1, 0.15) is 5.75 Å². The van der Waals surface area contributed by atoms with Gasteiger partial charge in [0.2, 0.25) is 5.91 Å². The van der Waals surface area contributed by atoms with Crippen molar-refractivity contribution in [2.75, 3.05) is 18.8 Å². The number of amides is 2. The van der Waals surface area contributed by atoms with E-state index in [1.54, 1.807) is 12.1 Å². The third kappa shape index (κ3) is 4.36. The van der Waals surface area contributed by atoms with Gasteiger partial charge in [0.05, 0.1) is 12.1 Å². The van der Waals surface area contributed by atoms with Crippen molar-refractivity contribution in [3.05, 3.63) is 29.8 Å². The third-order valence-electron chi connectivity index (χ3n) is 1.99. The minimum atomic E-state index is -0.482. The number of carbonyl (C=O) groups is 2. The van der Waals surface area contributed by atoms with Crippen LogP contribution in [0.1, 0.15) is 10.4 Å². The number of thiol groups is 1. The molecule has 0 aromatic heterocycles. The lowest BCUT2D eigenvalue weighted by molar-refractivity contribution is -0.120. The van der Waals surface area contributed by atoms with Crippen molar-refractivity contribution in [3.8, 4) is 5.75 Å². The number of para-hydroxylation sites is 1. The highest BCUT2D eigenvalue weighted by molar-refractivity contribution is 7.80. The van der Waals surface area contributed by atoms with E-state index in [-0.39, 0.29) is 23.8 Å². The fourth-order valence-corrected chi connectivity index (χ4v) is 1.29. The van der Waals surface area contributed by atoms with Crippen LogP contribution in [0.25, 0.3) is 0 Å². The van der Waals surface area contributed by atoms with Gasteiger partial charge in [-0.2, -0.15) is 12.6 Å². The van der Waals surface area contributed by atoms with E-state index in [2.05, 4.69) is 23.3 Å². The van der Waals surface area contributed by atoms with E-state index in [9.17, 15) is 14.7 Å². The molecule has 0 fully saturated rings. The lowest BCUT2D eigenvalue weighted by Gasteiger charge is -2.06. The highest BCUT2D eigenvalue weighted by atomic mass is 32.1. The number of hydrogen-bond donors (Lipinski definition) is 4. The number of aromatic hydroxyl groups is 1. The molecular weight excluding hydrogens is 240 g/mol. The highest BCUT2D eigenvalue weighted by Crippen LogP contribution is 2.14. The lowest BCUT2D eigenvalue weighted by Crippen LogP contribution is -2.37. The molecule has 1 aromatic rings. The summed E-state index contributed by atoms with van der Waals surface area (Å²) < 4.78 is 0. The van der Waals surface area contributed by atoms with E-state index >= 15 is 0 Å². The van der Waals surface area contributed by atoms with Gasteiger partial charge in [-0.05, 0) is 12.1 Å². The van der Waals surface area contributed by atoms with Crippen LogP contribution in [-0.4, -0.2) is 35.8 Å². The normalized spacial score (nSPS) is 9.71. The molecule has 0 aliphatic carbocycles. The molecule has 0 saturated heterocycles. The van der Waals surface area contributed by atoms with E-state index in [0.29, 0.717) is 12.3 Å². The van der Waals surface area contributed by atoms with Gasteiger partial charge in [-0.25, -0.2) is 0 Å². The first-order valence-electron chi connectivity index (χ1n) is 5.09. The first-order valence-corrected chi connectivity index (χ1v) is 5.72. The summed E-state index contributed by atoms with van der Waals surface area (Å²) in [5, 5.41) is 14.4. The van der Waals surface area contributed by atoms with Crippen LogP contribution in [0, 0.1) is 0 Å². The maximum absolute atomic E-state index is 11.6. The molecule has 0 heterocycles. The summed E-state index contributed by atoms with van der Waals surface area (Å²) in [7, 11) is 0. The number of carbonyl (C=O) groups excluding carboxylic acids is 2. The van der Waals surface area contributed by atoms with Gasteiger partial charge >= 0.3 is 0 Å². The average molecular weight is 254 g/mol.